The van der Waals surface area contributed by atoms with Crippen LogP contribution in [0, 0.1) is 0 Å². The molecule has 1 aliphatic rings. The van der Waals surface area contributed by atoms with Gasteiger partial charge in [-0.3, -0.25) is 4.79 Å². The smallest absolute Gasteiger partial charge is 0.338 e. The van der Waals surface area contributed by atoms with Crippen molar-refractivity contribution in [2.24, 2.45) is 5.10 Å². The van der Waals surface area contributed by atoms with Crippen molar-refractivity contribution in [2.75, 3.05) is 33.5 Å². The highest BCUT2D eigenvalue weighted by Gasteiger charge is 2.32. The number of amides is 3. The number of methoxy groups -OCH3 is 1. The van der Waals surface area contributed by atoms with Crippen LogP contribution in [0.1, 0.15) is 44.9 Å². The summed E-state index contributed by atoms with van der Waals surface area (Å²) < 4.78 is 28.2. The molecule has 0 aliphatic carbocycles. The fourth-order valence-electron chi connectivity index (χ4n) is 3.94. The third-order valence-corrected chi connectivity index (χ3v) is 6.39. The van der Waals surface area contributed by atoms with E-state index >= 15 is 0 Å². The number of nitrogens with one attached hydrogen (secondary N) is 3. The fourth-order valence-corrected chi connectivity index (χ4v) is 4.37. The van der Waals surface area contributed by atoms with Crippen molar-refractivity contribution >= 4 is 40.1 Å². The lowest BCUT2D eigenvalue weighted by molar-refractivity contribution is -0.139. The molecule has 0 spiro atoms. The van der Waals surface area contributed by atoms with Crippen LogP contribution in [0.4, 0.5) is 4.79 Å². The van der Waals surface area contributed by atoms with Crippen LogP contribution in [0.25, 0.3) is 0 Å². The molecule has 0 bridgehead atoms. The molecular formula is C28H33BrN4O8. The van der Waals surface area contributed by atoms with Gasteiger partial charge in [-0.1, -0.05) is 6.07 Å². The summed E-state index contributed by atoms with van der Waals surface area (Å²) in [5.74, 6) is 0.687. The Labute approximate surface area is 246 Å². The molecule has 2 aromatic rings. The van der Waals surface area contributed by atoms with E-state index in [2.05, 4.69) is 37.1 Å². The molecule has 0 unspecified atom stereocenters. The number of carbonyl (C=O) groups is 3. The number of hydrogen-bond donors (Lipinski definition) is 3. The van der Waals surface area contributed by atoms with Crippen LogP contribution in [0.3, 0.4) is 0 Å². The number of hydrogen-bond acceptors (Lipinski definition) is 9. The van der Waals surface area contributed by atoms with Gasteiger partial charge >= 0.3 is 12.0 Å². The molecule has 1 atom stereocenters. The Balaban J connectivity index is 1.68. The zero-order valence-corrected chi connectivity index (χ0v) is 25.0. The first kappa shape index (κ1) is 31.3. The Morgan fingerprint density at radius 3 is 2.37 bits per heavy atom. The summed E-state index contributed by atoms with van der Waals surface area (Å²) in [6.45, 7) is 7.87. The first-order valence-corrected chi connectivity index (χ1v) is 13.7. The van der Waals surface area contributed by atoms with Crippen LogP contribution in [0.2, 0.25) is 0 Å². The Bertz CT molecular complexity index is 1340. The van der Waals surface area contributed by atoms with Gasteiger partial charge < -0.3 is 34.3 Å². The van der Waals surface area contributed by atoms with Crippen molar-refractivity contribution in [3.8, 4) is 23.0 Å². The monoisotopic (exact) mass is 632 g/mol. The van der Waals surface area contributed by atoms with E-state index in [4.69, 9.17) is 23.7 Å². The van der Waals surface area contributed by atoms with E-state index in [0.29, 0.717) is 51.8 Å². The van der Waals surface area contributed by atoms with E-state index in [9.17, 15) is 14.4 Å². The molecule has 2 aromatic carbocycles. The Morgan fingerprint density at radius 1 is 1.00 bits per heavy atom. The van der Waals surface area contributed by atoms with Gasteiger partial charge in [0.05, 0.1) is 44.8 Å². The van der Waals surface area contributed by atoms with Gasteiger partial charge in [0.25, 0.3) is 5.91 Å². The summed E-state index contributed by atoms with van der Waals surface area (Å²) in [6, 6.07) is 7.18. The zero-order chi connectivity index (χ0) is 29.9. The predicted octanol–water partition coefficient (Wildman–Crippen LogP) is 3.98. The molecule has 12 nitrogen and oxygen atoms in total. The van der Waals surface area contributed by atoms with Gasteiger partial charge in [-0.15, -0.1) is 0 Å². The summed E-state index contributed by atoms with van der Waals surface area (Å²) in [7, 11) is 1.44. The van der Waals surface area contributed by atoms with Gasteiger partial charge in [0.15, 0.2) is 29.6 Å². The average molecular weight is 633 g/mol. The van der Waals surface area contributed by atoms with Gasteiger partial charge in [-0.05, 0) is 73.5 Å². The molecule has 13 heteroatoms. The topological polar surface area (TPSA) is 146 Å². The largest absolute Gasteiger partial charge is 0.493 e. The van der Waals surface area contributed by atoms with Crippen LogP contribution in [-0.4, -0.2) is 57.7 Å². The number of carbonyl (C=O) groups excluding carboxylic acids is 3. The van der Waals surface area contributed by atoms with Gasteiger partial charge in [0.1, 0.15) is 0 Å². The average Bonchev–Trinajstić information content (AvgIpc) is 2.93. The molecule has 3 rings (SSSR count). The fraction of sp³-hybridized carbons (Fsp3) is 0.357. The number of benzene rings is 2. The van der Waals surface area contributed by atoms with Crippen LogP contribution < -0.4 is 35.0 Å². The third kappa shape index (κ3) is 8.13. The summed E-state index contributed by atoms with van der Waals surface area (Å²) in [5, 5.41) is 9.33. The Kier molecular flexibility index (Phi) is 11.4. The second-order valence-electron chi connectivity index (χ2n) is 8.47. The van der Waals surface area contributed by atoms with E-state index in [1.165, 1.54) is 13.3 Å². The molecule has 220 valence electrons. The van der Waals surface area contributed by atoms with Crippen LogP contribution in [-0.2, 0) is 14.3 Å². The summed E-state index contributed by atoms with van der Waals surface area (Å²) in [6.07, 6.45) is 1.47. The number of nitrogens with zero attached hydrogens (tertiary/aromatic N) is 1. The quantitative estimate of drug-likeness (QED) is 0.171. The van der Waals surface area contributed by atoms with Crippen molar-refractivity contribution in [1.29, 1.82) is 0 Å². The Hall–Kier alpha value is -4.26. The SMILES string of the molecule is CCOC(=O)C1=C(C)NC(=O)N[C@@H]1c1ccc(OCC(=O)N/N=C\c2cc(OCC)c(OCC)cc2Br)c(OC)c1. The van der Waals surface area contributed by atoms with E-state index in [-0.39, 0.29) is 24.5 Å². The molecule has 3 amide bonds. The molecule has 0 aromatic heterocycles. The van der Waals surface area contributed by atoms with E-state index < -0.39 is 23.9 Å². The van der Waals surface area contributed by atoms with Crippen molar-refractivity contribution < 1.29 is 38.1 Å². The van der Waals surface area contributed by atoms with E-state index in [0.717, 1.165) is 0 Å². The van der Waals surface area contributed by atoms with Gasteiger partial charge in [0, 0.05) is 15.7 Å². The standard InChI is InChI=1S/C28H33BrN4O8/c1-6-38-22-12-18(19(29)13-23(22)39-7-2)14-30-33-24(34)15-41-20-10-9-17(11-21(20)37-5)26-25(27(35)40-8-3)16(4)31-28(36)32-26/h9-14,26H,6-8,15H2,1-5H3,(H,33,34)(H2,31,32,36)/b30-14-/t26-/m1/s1. The number of urea groups is 1. The number of ether oxygens (including phenoxy) is 5. The molecular weight excluding hydrogens is 600 g/mol. The first-order chi connectivity index (χ1) is 19.7. The van der Waals surface area contributed by atoms with Gasteiger partial charge in [-0.25, -0.2) is 15.0 Å². The number of allylic oxidation sites excluding steroid dienone is 1. The maximum Gasteiger partial charge on any atom is 0.338 e. The number of rotatable bonds is 13. The van der Waals surface area contributed by atoms with Crippen molar-refractivity contribution in [3.05, 3.63) is 57.2 Å². The Morgan fingerprint density at radius 2 is 1.71 bits per heavy atom. The van der Waals surface area contributed by atoms with E-state index in [1.54, 1.807) is 44.2 Å². The molecule has 0 fully saturated rings. The van der Waals surface area contributed by atoms with Crippen LogP contribution in [0.15, 0.2) is 51.2 Å². The molecule has 3 N–H and O–H groups in total. The molecule has 1 heterocycles. The lowest BCUT2D eigenvalue weighted by atomic mass is 9.95. The second-order valence-corrected chi connectivity index (χ2v) is 9.32. The van der Waals surface area contributed by atoms with Crippen LogP contribution >= 0.6 is 15.9 Å². The lowest BCUT2D eigenvalue weighted by Crippen LogP contribution is -2.45. The highest BCUT2D eigenvalue weighted by atomic mass is 79.9. The summed E-state index contributed by atoms with van der Waals surface area (Å²) >= 11 is 3.47. The predicted molar refractivity (Wildman–Crippen MR) is 154 cm³/mol. The van der Waals surface area contributed by atoms with Gasteiger partial charge in [0.2, 0.25) is 0 Å². The number of esters is 1. The molecule has 0 saturated heterocycles. The zero-order valence-electron chi connectivity index (χ0n) is 23.5. The summed E-state index contributed by atoms with van der Waals surface area (Å²) in [5.41, 5.74) is 4.32. The minimum Gasteiger partial charge on any atom is -0.493 e. The maximum atomic E-state index is 12.6. The maximum absolute atomic E-state index is 12.6. The highest BCUT2D eigenvalue weighted by molar-refractivity contribution is 9.10. The van der Waals surface area contributed by atoms with E-state index in [1.807, 2.05) is 13.8 Å². The minimum absolute atomic E-state index is 0.185. The minimum atomic E-state index is -0.770. The van der Waals surface area contributed by atoms with Crippen LogP contribution in [0.5, 0.6) is 23.0 Å². The first-order valence-electron chi connectivity index (χ1n) is 12.9. The lowest BCUT2D eigenvalue weighted by Gasteiger charge is -2.28. The highest BCUT2D eigenvalue weighted by Crippen LogP contribution is 2.35. The number of halogens is 1. The molecule has 0 saturated carbocycles. The summed E-state index contributed by atoms with van der Waals surface area (Å²) in [4.78, 5) is 37.1. The second kappa shape index (κ2) is 14.9. The normalized spacial score (nSPS) is 14.7. The third-order valence-electron chi connectivity index (χ3n) is 5.70. The van der Waals surface area contributed by atoms with Gasteiger partial charge in [-0.2, -0.15) is 5.10 Å². The van der Waals surface area contributed by atoms with Crippen molar-refractivity contribution in [1.82, 2.24) is 16.1 Å². The molecule has 0 radical (unpaired) electrons. The van der Waals surface area contributed by atoms with Crippen molar-refractivity contribution in [2.45, 2.75) is 33.7 Å². The molecule has 41 heavy (non-hydrogen) atoms. The molecule has 1 aliphatic heterocycles. The van der Waals surface area contributed by atoms with Crippen molar-refractivity contribution in [3.63, 3.8) is 0 Å². The number of hydrazone groups is 1.